The fraction of sp³-hybridized carbons (Fsp3) is 0.393. The molecule has 0 unspecified atom stereocenters. The van der Waals surface area contributed by atoms with E-state index >= 15 is 0 Å². The van der Waals surface area contributed by atoms with Crippen LogP contribution in [0.25, 0.3) is 12.2 Å². The SMILES string of the molecule is C=CC(=O)OCCCCCCOC1CCN(c2ccc(/C=C/c3ccc([N+](=O)[O-])cc3)cc2)CC1. The summed E-state index contributed by atoms with van der Waals surface area (Å²) in [6.45, 7) is 6.59. The van der Waals surface area contributed by atoms with E-state index in [1.165, 1.54) is 23.9 Å². The zero-order chi connectivity index (χ0) is 24.9. The minimum absolute atomic E-state index is 0.0985. The topological polar surface area (TPSA) is 81.9 Å². The standard InChI is InChI=1S/C28H34N2O5/c1-2-28(31)35-22-6-4-3-5-21-34-27-17-19-29(20-18-27)25-13-9-23(10-14-25)7-8-24-11-15-26(16-12-24)30(32)33/h2,7-16,27H,1,3-6,17-22H2/b8-7+. The number of non-ortho nitro benzene ring substituents is 1. The van der Waals surface area contributed by atoms with Crippen molar-refractivity contribution in [2.45, 2.75) is 44.6 Å². The highest BCUT2D eigenvalue weighted by atomic mass is 16.6. The van der Waals surface area contributed by atoms with Crippen molar-refractivity contribution >= 4 is 29.5 Å². The van der Waals surface area contributed by atoms with Crippen LogP contribution in [0.1, 0.15) is 49.7 Å². The number of carbonyl (C=O) groups excluding carboxylic acids is 1. The van der Waals surface area contributed by atoms with Crippen LogP contribution in [-0.4, -0.2) is 43.3 Å². The Balaban J connectivity index is 1.32. The molecule has 0 spiro atoms. The number of unbranched alkanes of at least 4 members (excludes halogenated alkanes) is 3. The lowest BCUT2D eigenvalue weighted by atomic mass is 10.1. The first-order valence-electron chi connectivity index (χ1n) is 12.2. The summed E-state index contributed by atoms with van der Waals surface area (Å²) in [7, 11) is 0. The first-order valence-corrected chi connectivity index (χ1v) is 12.2. The van der Waals surface area contributed by atoms with Crippen LogP contribution < -0.4 is 4.90 Å². The van der Waals surface area contributed by atoms with Gasteiger partial charge in [-0.2, -0.15) is 0 Å². The molecule has 186 valence electrons. The summed E-state index contributed by atoms with van der Waals surface area (Å²) in [5.41, 5.74) is 3.33. The summed E-state index contributed by atoms with van der Waals surface area (Å²) in [6, 6.07) is 15.0. The molecular weight excluding hydrogens is 444 g/mol. The van der Waals surface area contributed by atoms with Gasteiger partial charge in [-0.05, 0) is 67.5 Å². The minimum atomic E-state index is -0.391. The first-order chi connectivity index (χ1) is 17.0. The second-order valence-electron chi connectivity index (χ2n) is 8.62. The van der Waals surface area contributed by atoms with Crippen LogP contribution in [0.15, 0.2) is 61.2 Å². The van der Waals surface area contributed by atoms with E-state index in [4.69, 9.17) is 9.47 Å². The Morgan fingerprint density at radius 2 is 1.51 bits per heavy atom. The van der Waals surface area contributed by atoms with E-state index in [0.29, 0.717) is 12.7 Å². The maximum absolute atomic E-state index is 11.0. The lowest BCUT2D eigenvalue weighted by Crippen LogP contribution is -2.37. The molecule has 2 aromatic rings. The molecule has 2 aromatic carbocycles. The van der Waals surface area contributed by atoms with Crippen molar-refractivity contribution in [1.29, 1.82) is 0 Å². The lowest BCUT2D eigenvalue weighted by molar-refractivity contribution is -0.384. The highest BCUT2D eigenvalue weighted by Gasteiger charge is 2.19. The maximum atomic E-state index is 11.0. The summed E-state index contributed by atoms with van der Waals surface area (Å²) >= 11 is 0. The number of rotatable bonds is 13. The van der Waals surface area contributed by atoms with E-state index < -0.39 is 4.92 Å². The Kier molecular flexibility index (Phi) is 10.5. The van der Waals surface area contributed by atoms with Crippen LogP contribution in [0.3, 0.4) is 0 Å². The maximum Gasteiger partial charge on any atom is 0.330 e. The molecule has 1 aliphatic rings. The Hall–Kier alpha value is -3.45. The second kappa shape index (κ2) is 14.1. The zero-order valence-electron chi connectivity index (χ0n) is 20.1. The van der Waals surface area contributed by atoms with Gasteiger partial charge in [0.2, 0.25) is 0 Å². The van der Waals surface area contributed by atoms with Gasteiger partial charge in [0.1, 0.15) is 0 Å². The fourth-order valence-corrected chi connectivity index (χ4v) is 4.02. The third-order valence-electron chi connectivity index (χ3n) is 6.08. The smallest absolute Gasteiger partial charge is 0.330 e. The van der Waals surface area contributed by atoms with E-state index in [-0.39, 0.29) is 11.7 Å². The van der Waals surface area contributed by atoms with E-state index in [2.05, 4.69) is 35.7 Å². The van der Waals surface area contributed by atoms with Gasteiger partial charge >= 0.3 is 5.97 Å². The Bertz CT molecular complexity index is 977. The van der Waals surface area contributed by atoms with Crippen molar-refractivity contribution in [2.24, 2.45) is 0 Å². The largest absolute Gasteiger partial charge is 0.463 e. The van der Waals surface area contributed by atoms with Crippen molar-refractivity contribution in [2.75, 3.05) is 31.2 Å². The molecule has 0 atom stereocenters. The summed E-state index contributed by atoms with van der Waals surface area (Å²) in [5, 5.41) is 10.8. The Morgan fingerprint density at radius 1 is 0.943 bits per heavy atom. The third-order valence-corrected chi connectivity index (χ3v) is 6.08. The van der Waals surface area contributed by atoms with Gasteiger partial charge in [-0.1, -0.05) is 37.3 Å². The number of carbonyl (C=O) groups is 1. The van der Waals surface area contributed by atoms with Gasteiger partial charge in [-0.25, -0.2) is 4.79 Å². The molecule has 7 nitrogen and oxygen atoms in total. The number of hydrogen-bond donors (Lipinski definition) is 0. The van der Waals surface area contributed by atoms with Crippen LogP contribution >= 0.6 is 0 Å². The lowest BCUT2D eigenvalue weighted by Gasteiger charge is -2.33. The average molecular weight is 479 g/mol. The number of nitrogens with zero attached hydrogens (tertiary/aromatic N) is 2. The van der Waals surface area contributed by atoms with Gasteiger partial charge in [0.15, 0.2) is 0 Å². The van der Waals surface area contributed by atoms with Crippen molar-refractivity contribution in [3.05, 3.63) is 82.4 Å². The molecule has 1 heterocycles. The second-order valence-corrected chi connectivity index (χ2v) is 8.62. The minimum Gasteiger partial charge on any atom is -0.463 e. The average Bonchev–Trinajstić information content (AvgIpc) is 2.89. The quantitative estimate of drug-likeness (QED) is 0.0872. The summed E-state index contributed by atoms with van der Waals surface area (Å²) in [4.78, 5) is 23.7. The number of nitro groups is 1. The highest BCUT2D eigenvalue weighted by Crippen LogP contribution is 2.23. The van der Waals surface area contributed by atoms with E-state index in [1.54, 1.807) is 12.1 Å². The monoisotopic (exact) mass is 478 g/mol. The van der Waals surface area contributed by atoms with Crippen LogP contribution in [0.2, 0.25) is 0 Å². The number of esters is 1. The molecule has 0 radical (unpaired) electrons. The number of piperidine rings is 1. The number of hydrogen-bond acceptors (Lipinski definition) is 6. The van der Waals surface area contributed by atoms with Crippen LogP contribution in [0.4, 0.5) is 11.4 Å². The molecule has 35 heavy (non-hydrogen) atoms. The van der Waals surface area contributed by atoms with Gasteiger partial charge in [0.05, 0.1) is 17.6 Å². The Morgan fingerprint density at radius 3 is 2.09 bits per heavy atom. The number of ether oxygens (including phenoxy) is 2. The zero-order valence-corrected chi connectivity index (χ0v) is 20.1. The molecule has 7 heteroatoms. The molecule has 0 N–H and O–H groups in total. The number of benzene rings is 2. The van der Waals surface area contributed by atoms with Crippen molar-refractivity contribution in [1.82, 2.24) is 0 Å². The van der Waals surface area contributed by atoms with Crippen LogP contribution in [0, 0.1) is 10.1 Å². The first kappa shape index (κ1) is 26.2. The van der Waals surface area contributed by atoms with E-state index in [0.717, 1.165) is 69.3 Å². The molecule has 0 aromatic heterocycles. The van der Waals surface area contributed by atoms with Gasteiger partial charge in [0.25, 0.3) is 5.69 Å². The highest BCUT2D eigenvalue weighted by molar-refractivity contribution is 5.81. The molecule has 1 saturated heterocycles. The van der Waals surface area contributed by atoms with Gasteiger partial charge in [-0.3, -0.25) is 10.1 Å². The predicted octanol–water partition coefficient (Wildman–Crippen LogP) is 6.04. The van der Waals surface area contributed by atoms with Crippen LogP contribution in [-0.2, 0) is 14.3 Å². The van der Waals surface area contributed by atoms with Gasteiger partial charge < -0.3 is 14.4 Å². The van der Waals surface area contributed by atoms with E-state index in [1.807, 2.05) is 12.2 Å². The summed E-state index contributed by atoms with van der Waals surface area (Å²) < 4.78 is 11.0. The normalized spacial score (nSPS) is 14.2. The fourth-order valence-electron chi connectivity index (χ4n) is 4.02. The molecule has 0 bridgehead atoms. The molecule has 3 rings (SSSR count). The summed E-state index contributed by atoms with van der Waals surface area (Å²) in [5.74, 6) is -0.355. The van der Waals surface area contributed by atoms with Crippen molar-refractivity contribution < 1.29 is 19.2 Å². The molecule has 1 aliphatic heterocycles. The third kappa shape index (κ3) is 9.02. The predicted molar refractivity (Wildman–Crippen MR) is 139 cm³/mol. The Labute approximate surface area is 207 Å². The molecule has 0 amide bonds. The molecular formula is C28H34N2O5. The summed E-state index contributed by atoms with van der Waals surface area (Å²) in [6.07, 6.45) is 11.6. The molecule has 1 fully saturated rings. The van der Waals surface area contributed by atoms with Crippen molar-refractivity contribution in [3.63, 3.8) is 0 Å². The number of nitro benzene ring substituents is 1. The van der Waals surface area contributed by atoms with Crippen LogP contribution in [0.5, 0.6) is 0 Å². The van der Waals surface area contributed by atoms with Crippen molar-refractivity contribution in [3.8, 4) is 0 Å². The van der Waals surface area contributed by atoms with E-state index in [9.17, 15) is 14.9 Å². The molecule has 0 aliphatic carbocycles. The molecule has 0 saturated carbocycles. The number of anilines is 1. The van der Waals surface area contributed by atoms with Gasteiger partial charge in [0, 0.05) is 43.6 Å². The van der Waals surface area contributed by atoms with Gasteiger partial charge in [-0.15, -0.1) is 0 Å².